The molecule has 0 atom stereocenters. The summed E-state index contributed by atoms with van der Waals surface area (Å²) in [6.45, 7) is 12.6. The molecule has 1 saturated heterocycles. The van der Waals surface area contributed by atoms with Crippen LogP contribution in [0.15, 0.2) is 36.4 Å². The average molecular weight is 297 g/mol. The van der Waals surface area contributed by atoms with E-state index in [2.05, 4.69) is 82.5 Å². The molecule has 0 amide bonds. The van der Waals surface area contributed by atoms with Crippen LogP contribution in [-0.4, -0.2) is 22.9 Å². The zero-order chi connectivity index (χ0) is 16.1. The highest BCUT2D eigenvalue weighted by Gasteiger charge is 2.51. The van der Waals surface area contributed by atoms with Gasteiger partial charge in [-0.15, -0.1) is 0 Å². The van der Waals surface area contributed by atoms with Crippen LogP contribution in [0.4, 0.5) is 0 Å². The van der Waals surface area contributed by atoms with Gasteiger partial charge in [-0.2, -0.15) is 0 Å². The first kappa shape index (κ1) is 15.4. The monoisotopic (exact) mass is 297 g/mol. The van der Waals surface area contributed by atoms with E-state index in [0.717, 1.165) is 11.2 Å². The molecule has 2 aromatic rings. The van der Waals surface area contributed by atoms with Gasteiger partial charge in [0.1, 0.15) is 0 Å². The Labute approximate surface area is 133 Å². The lowest BCUT2D eigenvalue weighted by Gasteiger charge is -2.32. The second kappa shape index (κ2) is 5.00. The molecule has 1 fully saturated rings. The van der Waals surface area contributed by atoms with Crippen molar-refractivity contribution in [3.05, 3.63) is 47.8 Å². The number of rotatable bonds is 2. The molecule has 1 aromatic carbocycles. The summed E-state index contributed by atoms with van der Waals surface area (Å²) in [4.78, 5) is 0. The Morgan fingerprint density at radius 3 is 1.95 bits per heavy atom. The number of aryl methyl sites for hydroxylation is 2. The summed E-state index contributed by atoms with van der Waals surface area (Å²) in [6, 6.07) is 12.7. The third-order valence-electron chi connectivity index (χ3n) is 4.92. The summed E-state index contributed by atoms with van der Waals surface area (Å²) in [5, 5.41) is 0. The zero-order valence-corrected chi connectivity index (χ0v) is 14.3. The van der Waals surface area contributed by atoms with Crippen molar-refractivity contribution in [3.8, 4) is 5.69 Å². The van der Waals surface area contributed by atoms with E-state index >= 15 is 0 Å². The van der Waals surface area contributed by atoms with E-state index in [4.69, 9.17) is 9.31 Å². The Kier molecular flexibility index (Phi) is 3.50. The number of aromatic nitrogens is 1. The largest absolute Gasteiger partial charge is 0.494 e. The zero-order valence-electron chi connectivity index (χ0n) is 14.3. The van der Waals surface area contributed by atoms with Gasteiger partial charge >= 0.3 is 7.12 Å². The molecule has 1 aliphatic heterocycles. The second-order valence-corrected chi connectivity index (χ2v) is 7.13. The molecule has 0 radical (unpaired) electrons. The molecule has 3 nitrogen and oxygen atoms in total. The van der Waals surface area contributed by atoms with E-state index in [0.29, 0.717) is 0 Å². The molecular weight excluding hydrogens is 273 g/mol. The predicted molar refractivity (Wildman–Crippen MR) is 91.0 cm³/mol. The molecule has 1 aliphatic rings. The van der Waals surface area contributed by atoms with Crippen molar-refractivity contribution >= 4 is 12.6 Å². The van der Waals surface area contributed by atoms with Crippen LogP contribution < -0.4 is 5.46 Å². The highest BCUT2D eigenvalue weighted by atomic mass is 16.7. The Hall–Kier alpha value is -1.52. The van der Waals surface area contributed by atoms with Gasteiger partial charge in [-0.3, -0.25) is 0 Å². The molecule has 2 heterocycles. The quantitative estimate of drug-likeness (QED) is 0.793. The van der Waals surface area contributed by atoms with Crippen molar-refractivity contribution < 1.29 is 9.31 Å². The Morgan fingerprint density at radius 2 is 1.41 bits per heavy atom. The Bertz CT molecular complexity index is 667. The Morgan fingerprint density at radius 1 is 0.864 bits per heavy atom. The van der Waals surface area contributed by atoms with Crippen LogP contribution in [0.25, 0.3) is 5.69 Å². The molecule has 0 spiro atoms. The van der Waals surface area contributed by atoms with Gasteiger partial charge in [-0.1, -0.05) is 12.1 Å². The minimum absolute atomic E-state index is 0.313. The molecule has 0 aliphatic carbocycles. The minimum Gasteiger partial charge on any atom is -0.399 e. The standard InChI is InChI=1S/C18H24BNO2/c1-13-10-11-14(2)20(13)16-9-7-8-15(12-16)19-21-17(3,4)18(5,6)22-19/h7-12H,1-6H3. The number of nitrogens with zero attached hydrogens (tertiary/aromatic N) is 1. The fraction of sp³-hybridized carbons (Fsp3) is 0.444. The van der Waals surface area contributed by atoms with Crippen LogP contribution in [-0.2, 0) is 9.31 Å². The maximum absolute atomic E-state index is 6.15. The van der Waals surface area contributed by atoms with Crippen LogP contribution in [0, 0.1) is 13.8 Å². The van der Waals surface area contributed by atoms with Gasteiger partial charge in [0, 0.05) is 17.1 Å². The molecule has 4 heteroatoms. The van der Waals surface area contributed by atoms with Gasteiger partial charge in [-0.25, -0.2) is 0 Å². The van der Waals surface area contributed by atoms with Gasteiger partial charge in [-0.05, 0) is 71.3 Å². The lowest BCUT2D eigenvalue weighted by molar-refractivity contribution is 0.00578. The fourth-order valence-corrected chi connectivity index (χ4v) is 2.87. The maximum Gasteiger partial charge on any atom is 0.494 e. The topological polar surface area (TPSA) is 23.4 Å². The summed E-state index contributed by atoms with van der Waals surface area (Å²) >= 11 is 0. The molecule has 0 unspecified atom stereocenters. The van der Waals surface area contributed by atoms with Crippen molar-refractivity contribution in [2.45, 2.75) is 52.7 Å². The van der Waals surface area contributed by atoms with Crippen molar-refractivity contribution in [3.63, 3.8) is 0 Å². The lowest BCUT2D eigenvalue weighted by Crippen LogP contribution is -2.41. The molecule has 22 heavy (non-hydrogen) atoms. The third-order valence-corrected chi connectivity index (χ3v) is 4.92. The van der Waals surface area contributed by atoms with Crippen molar-refractivity contribution in [2.75, 3.05) is 0 Å². The van der Waals surface area contributed by atoms with Gasteiger partial charge in [0.05, 0.1) is 11.2 Å². The normalized spacial score (nSPS) is 19.6. The van der Waals surface area contributed by atoms with E-state index in [1.165, 1.54) is 11.4 Å². The minimum atomic E-state index is -0.318. The van der Waals surface area contributed by atoms with Gasteiger partial charge in [0.2, 0.25) is 0 Å². The van der Waals surface area contributed by atoms with Crippen molar-refractivity contribution in [1.29, 1.82) is 0 Å². The summed E-state index contributed by atoms with van der Waals surface area (Å²) in [5.41, 5.74) is 4.03. The summed E-state index contributed by atoms with van der Waals surface area (Å²) in [7, 11) is -0.318. The first-order valence-electron chi connectivity index (χ1n) is 7.82. The molecule has 1 aromatic heterocycles. The lowest BCUT2D eigenvalue weighted by atomic mass is 9.79. The Balaban J connectivity index is 1.97. The van der Waals surface area contributed by atoms with Gasteiger partial charge in [0.15, 0.2) is 0 Å². The molecule has 0 N–H and O–H groups in total. The van der Waals surface area contributed by atoms with Crippen LogP contribution >= 0.6 is 0 Å². The summed E-state index contributed by atoms with van der Waals surface area (Å²) in [6.07, 6.45) is 0. The molecule has 0 bridgehead atoms. The van der Waals surface area contributed by atoms with E-state index in [1.807, 2.05) is 0 Å². The summed E-state index contributed by atoms with van der Waals surface area (Å²) in [5.74, 6) is 0. The smallest absolute Gasteiger partial charge is 0.399 e. The third kappa shape index (κ3) is 2.40. The maximum atomic E-state index is 6.15. The first-order valence-corrected chi connectivity index (χ1v) is 7.82. The van der Waals surface area contributed by atoms with E-state index in [1.54, 1.807) is 0 Å². The van der Waals surface area contributed by atoms with E-state index in [9.17, 15) is 0 Å². The number of benzene rings is 1. The number of hydrogen-bond acceptors (Lipinski definition) is 2. The van der Waals surface area contributed by atoms with Gasteiger partial charge in [0.25, 0.3) is 0 Å². The molecule has 0 saturated carbocycles. The highest BCUT2D eigenvalue weighted by molar-refractivity contribution is 6.62. The summed E-state index contributed by atoms with van der Waals surface area (Å²) < 4.78 is 14.5. The van der Waals surface area contributed by atoms with Crippen molar-refractivity contribution in [2.24, 2.45) is 0 Å². The van der Waals surface area contributed by atoms with Crippen LogP contribution in [0.2, 0.25) is 0 Å². The highest BCUT2D eigenvalue weighted by Crippen LogP contribution is 2.36. The van der Waals surface area contributed by atoms with E-state index < -0.39 is 0 Å². The molecule has 116 valence electrons. The number of hydrogen-bond donors (Lipinski definition) is 0. The molecule has 3 rings (SSSR count). The average Bonchev–Trinajstić information content (AvgIpc) is 2.87. The fourth-order valence-electron chi connectivity index (χ4n) is 2.87. The van der Waals surface area contributed by atoms with Crippen molar-refractivity contribution in [1.82, 2.24) is 4.57 Å². The van der Waals surface area contributed by atoms with Gasteiger partial charge < -0.3 is 13.9 Å². The second-order valence-electron chi connectivity index (χ2n) is 7.13. The van der Waals surface area contributed by atoms with Crippen LogP contribution in [0.1, 0.15) is 39.1 Å². The van der Waals surface area contributed by atoms with Crippen LogP contribution in [0.5, 0.6) is 0 Å². The first-order chi connectivity index (χ1) is 10.2. The van der Waals surface area contributed by atoms with Crippen LogP contribution in [0.3, 0.4) is 0 Å². The molecular formula is C18H24BNO2. The van der Waals surface area contributed by atoms with E-state index in [-0.39, 0.29) is 18.3 Å². The SMILES string of the molecule is Cc1ccc(C)n1-c1cccc(B2OC(C)(C)C(C)(C)O2)c1. The predicted octanol–water partition coefficient (Wildman–Crippen LogP) is 3.39.